The highest BCUT2D eigenvalue weighted by molar-refractivity contribution is 5.96. The Morgan fingerprint density at radius 1 is 1.14 bits per heavy atom. The molecule has 4 unspecified atom stereocenters. The second-order valence-electron chi connectivity index (χ2n) is 10.4. The van der Waals surface area contributed by atoms with Crippen LogP contribution in [0.25, 0.3) is 0 Å². The molecule has 0 aromatic carbocycles. The van der Waals surface area contributed by atoms with E-state index in [1.165, 1.54) is 7.05 Å². The van der Waals surface area contributed by atoms with Gasteiger partial charge >= 0.3 is 12.1 Å². The van der Waals surface area contributed by atoms with E-state index in [2.05, 4.69) is 10.4 Å². The van der Waals surface area contributed by atoms with Gasteiger partial charge in [-0.2, -0.15) is 18.3 Å². The number of alkyl halides is 5. The minimum absolute atomic E-state index is 0.0114. The van der Waals surface area contributed by atoms with E-state index >= 15 is 0 Å². The molecule has 1 amide bonds. The van der Waals surface area contributed by atoms with Crippen LogP contribution in [0.3, 0.4) is 0 Å². The van der Waals surface area contributed by atoms with Crippen LogP contribution < -0.4 is 5.32 Å². The van der Waals surface area contributed by atoms with Gasteiger partial charge in [0.2, 0.25) is 0 Å². The summed E-state index contributed by atoms with van der Waals surface area (Å²) >= 11 is 0. The standard InChI is InChI=1S/C24H34F5N3O3/c1-12-10-15(6-9-17(12)23(34)35)13(2)30-22(33)19-18(31-32(3)20(19)21(25)26)11-14-4-7-16(8-5-14)24(27,28)29/h12-17,21H,4-11H2,1-3H3,(H,30,33)(H,34,35). The third-order valence-electron chi connectivity index (χ3n) is 7.98. The number of hydrogen-bond donors (Lipinski definition) is 2. The Labute approximate surface area is 201 Å². The molecule has 2 saturated carbocycles. The van der Waals surface area contributed by atoms with Crippen molar-refractivity contribution >= 4 is 11.9 Å². The fourth-order valence-corrected chi connectivity index (χ4v) is 5.86. The fourth-order valence-electron chi connectivity index (χ4n) is 5.86. The quantitative estimate of drug-likeness (QED) is 0.476. The maximum Gasteiger partial charge on any atom is 0.391 e. The van der Waals surface area contributed by atoms with Crippen LogP contribution in [0.1, 0.15) is 87.0 Å². The highest BCUT2D eigenvalue weighted by atomic mass is 19.4. The number of halogens is 5. The van der Waals surface area contributed by atoms with Gasteiger partial charge in [-0.1, -0.05) is 6.92 Å². The van der Waals surface area contributed by atoms with Crippen LogP contribution >= 0.6 is 0 Å². The molecule has 0 spiro atoms. The lowest BCUT2D eigenvalue weighted by atomic mass is 9.72. The molecule has 1 aromatic rings. The van der Waals surface area contributed by atoms with E-state index in [1.807, 2.05) is 6.92 Å². The third-order valence-corrected chi connectivity index (χ3v) is 7.98. The van der Waals surface area contributed by atoms with Gasteiger partial charge in [0.05, 0.1) is 23.1 Å². The lowest BCUT2D eigenvalue weighted by molar-refractivity contribution is -0.183. The molecule has 0 bridgehead atoms. The molecule has 4 atom stereocenters. The van der Waals surface area contributed by atoms with Gasteiger partial charge in [-0.15, -0.1) is 0 Å². The monoisotopic (exact) mass is 507 g/mol. The van der Waals surface area contributed by atoms with Crippen molar-refractivity contribution in [1.82, 2.24) is 15.1 Å². The number of rotatable bonds is 7. The highest BCUT2D eigenvalue weighted by Crippen LogP contribution is 2.41. The van der Waals surface area contributed by atoms with Gasteiger partial charge in [-0.3, -0.25) is 14.3 Å². The van der Waals surface area contributed by atoms with Crippen LogP contribution in [0.2, 0.25) is 0 Å². The van der Waals surface area contributed by atoms with E-state index in [-0.39, 0.29) is 54.3 Å². The summed E-state index contributed by atoms with van der Waals surface area (Å²) in [5.74, 6) is -3.50. The average Bonchev–Trinajstić information content (AvgIpc) is 3.08. The first kappa shape index (κ1) is 27.4. The lowest BCUT2D eigenvalue weighted by Crippen LogP contribution is -2.42. The smallest absolute Gasteiger partial charge is 0.391 e. The molecule has 2 fully saturated rings. The molecule has 0 radical (unpaired) electrons. The molecule has 0 saturated heterocycles. The van der Waals surface area contributed by atoms with E-state index < -0.39 is 42.0 Å². The fraction of sp³-hybridized carbons (Fsp3) is 0.792. The van der Waals surface area contributed by atoms with E-state index in [1.54, 1.807) is 6.92 Å². The Kier molecular flexibility index (Phi) is 8.47. The molecule has 1 heterocycles. The maximum atomic E-state index is 13.9. The van der Waals surface area contributed by atoms with Gasteiger partial charge in [0, 0.05) is 13.1 Å². The molecule has 2 aliphatic rings. The highest BCUT2D eigenvalue weighted by Gasteiger charge is 2.42. The number of nitrogens with zero attached hydrogens (tertiary/aromatic N) is 2. The first-order valence-corrected chi connectivity index (χ1v) is 12.2. The molecule has 6 nitrogen and oxygen atoms in total. The number of aromatic nitrogens is 2. The topological polar surface area (TPSA) is 84.2 Å². The van der Waals surface area contributed by atoms with Crippen LogP contribution in [0.4, 0.5) is 22.0 Å². The van der Waals surface area contributed by atoms with Crippen molar-refractivity contribution in [2.45, 2.75) is 83.9 Å². The van der Waals surface area contributed by atoms with Crippen molar-refractivity contribution in [3.05, 3.63) is 17.0 Å². The molecule has 198 valence electrons. The second-order valence-corrected chi connectivity index (χ2v) is 10.4. The number of carbonyl (C=O) groups excluding carboxylic acids is 1. The molecule has 3 rings (SSSR count). The molecular weight excluding hydrogens is 473 g/mol. The molecule has 0 aliphatic heterocycles. The van der Waals surface area contributed by atoms with Gasteiger partial charge in [0.15, 0.2) is 0 Å². The lowest BCUT2D eigenvalue weighted by Gasteiger charge is -2.35. The summed E-state index contributed by atoms with van der Waals surface area (Å²) in [5.41, 5.74) is -0.512. The Morgan fingerprint density at radius 2 is 1.77 bits per heavy atom. The van der Waals surface area contributed by atoms with Crippen molar-refractivity contribution in [1.29, 1.82) is 0 Å². The van der Waals surface area contributed by atoms with Gasteiger partial charge in [-0.25, -0.2) is 8.78 Å². The molecule has 2 N–H and O–H groups in total. The third kappa shape index (κ3) is 6.33. The van der Waals surface area contributed by atoms with E-state index in [0.29, 0.717) is 32.1 Å². The molecule has 11 heteroatoms. The number of aryl methyl sites for hydroxylation is 1. The summed E-state index contributed by atoms with van der Waals surface area (Å²) < 4.78 is 67.7. The van der Waals surface area contributed by atoms with Crippen LogP contribution in [0.15, 0.2) is 0 Å². The molecule has 35 heavy (non-hydrogen) atoms. The Morgan fingerprint density at radius 3 is 2.29 bits per heavy atom. The minimum atomic E-state index is -4.24. The van der Waals surface area contributed by atoms with Crippen LogP contribution in [-0.4, -0.2) is 39.0 Å². The van der Waals surface area contributed by atoms with Crippen LogP contribution in [-0.2, 0) is 18.3 Å². The summed E-state index contributed by atoms with van der Waals surface area (Å²) in [7, 11) is 1.33. The molecule has 2 aliphatic carbocycles. The minimum Gasteiger partial charge on any atom is -0.481 e. The predicted octanol–water partition coefficient (Wildman–Crippen LogP) is 5.52. The zero-order valence-corrected chi connectivity index (χ0v) is 20.2. The van der Waals surface area contributed by atoms with Gasteiger partial charge in [0.25, 0.3) is 12.3 Å². The normalized spacial score (nSPS) is 28.7. The van der Waals surface area contributed by atoms with Crippen molar-refractivity contribution in [2.24, 2.45) is 36.6 Å². The predicted molar refractivity (Wildman–Crippen MR) is 118 cm³/mol. The first-order valence-electron chi connectivity index (χ1n) is 12.2. The summed E-state index contributed by atoms with van der Waals surface area (Å²) in [4.78, 5) is 24.6. The van der Waals surface area contributed by atoms with E-state index in [0.717, 1.165) is 4.68 Å². The average molecular weight is 508 g/mol. The van der Waals surface area contributed by atoms with E-state index in [9.17, 15) is 36.6 Å². The van der Waals surface area contributed by atoms with Gasteiger partial charge in [0.1, 0.15) is 5.69 Å². The number of carboxylic acids is 1. The Balaban J connectivity index is 1.72. The SMILES string of the molecule is CC1CC(C(C)NC(=O)c2c(CC3CCC(C(F)(F)F)CC3)nn(C)c2C(F)F)CCC1C(=O)O. The zero-order chi connectivity index (χ0) is 26.1. The number of hydrogen-bond acceptors (Lipinski definition) is 3. The number of carbonyl (C=O) groups is 2. The summed E-state index contributed by atoms with van der Waals surface area (Å²) in [5, 5.41) is 16.3. The van der Waals surface area contributed by atoms with Crippen molar-refractivity contribution in [2.75, 3.05) is 0 Å². The second kappa shape index (κ2) is 10.8. The number of amides is 1. The van der Waals surface area contributed by atoms with Crippen molar-refractivity contribution in [3.8, 4) is 0 Å². The molecular formula is C24H34F5N3O3. The Hall–Kier alpha value is -2.20. The number of nitrogens with one attached hydrogen (secondary N) is 1. The van der Waals surface area contributed by atoms with Gasteiger partial charge < -0.3 is 10.4 Å². The van der Waals surface area contributed by atoms with Gasteiger partial charge in [-0.05, 0) is 76.0 Å². The van der Waals surface area contributed by atoms with Crippen LogP contribution in [0, 0.1) is 29.6 Å². The number of carboxylic acid groups (broad SMARTS) is 1. The first-order chi connectivity index (χ1) is 16.3. The summed E-state index contributed by atoms with van der Waals surface area (Å²) in [6.07, 6.45) is -4.75. The van der Waals surface area contributed by atoms with Crippen molar-refractivity contribution < 1.29 is 36.6 Å². The summed E-state index contributed by atoms with van der Waals surface area (Å²) in [6.45, 7) is 3.65. The van der Waals surface area contributed by atoms with Crippen LogP contribution in [0.5, 0.6) is 0 Å². The zero-order valence-electron chi connectivity index (χ0n) is 20.2. The van der Waals surface area contributed by atoms with Crippen molar-refractivity contribution in [3.63, 3.8) is 0 Å². The maximum absolute atomic E-state index is 13.9. The van der Waals surface area contributed by atoms with E-state index in [4.69, 9.17) is 0 Å². The molecule has 1 aromatic heterocycles. The largest absolute Gasteiger partial charge is 0.481 e. The Bertz CT molecular complexity index is 909. The summed E-state index contributed by atoms with van der Waals surface area (Å²) in [6, 6.07) is -0.361. The number of aliphatic carboxylic acids is 1.